The van der Waals surface area contributed by atoms with E-state index in [1.807, 2.05) is 0 Å². The third-order valence-corrected chi connectivity index (χ3v) is 2.34. The van der Waals surface area contributed by atoms with E-state index in [1.54, 1.807) is 0 Å². The molecule has 0 rings (SSSR count). The summed E-state index contributed by atoms with van der Waals surface area (Å²) in [5, 5.41) is 6.23. The van der Waals surface area contributed by atoms with Crippen molar-refractivity contribution in [3.63, 3.8) is 0 Å². The summed E-state index contributed by atoms with van der Waals surface area (Å²) in [4.78, 5) is 11.2. The Bertz CT molecular complexity index is 144. The second-order valence-corrected chi connectivity index (χ2v) is 3.57. The second kappa shape index (κ2) is 9.00. The molecular weight excluding hydrogens is 176 g/mol. The van der Waals surface area contributed by atoms with Crippen LogP contribution in [0.1, 0.15) is 46.5 Å². The molecule has 1 amide bonds. The number of rotatable bonds is 8. The van der Waals surface area contributed by atoms with Crippen molar-refractivity contribution in [2.45, 2.75) is 52.5 Å². The Labute approximate surface area is 87.6 Å². The van der Waals surface area contributed by atoms with Gasteiger partial charge in [-0.2, -0.15) is 0 Å². The van der Waals surface area contributed by atoms with Crippen LogP contribution in [0.3, 0.4) is 0 Å². The highest BCUT2D eigenvalue weighted by Crippen LogP contribution is 1.95. The molecule has 0 aliphatic rings. The molecule has 0 aliphatic carbocycles. The minimum Gasteiger partial charge on any atom is -0.356 e. The van der Waals surface area contributed by atoms with E-state index in [4.69, 9.17) is 0 Å². The highest BCUT2D eigenvalue weighted by molar-refractivity contribution is 5.75. The fraction of sp³-hybridized carbons (Fsp3) is 0.909. The first-order valence-corrected chi connectivity index (χ1v) is 5.74. The van der Waals surface area contributed by atoms with Crippen molar-refractivity contribution < 1.29 is 4.79 Å². The topological polar surface area (TPSA) is 41.1 Å². The van der Waals surface area contributed by atoms with Crippen molar-refractivity contribution in [3.8, 4) is 0 Å². The van der Waals surface area contributed by atoms with Gasteiger partial charge in [-0.15, -0.1) is 0 Å². The molecular formula is C11H24N2O. The van der Waals surface area contributed by atoms with Crippen molar-refractivity contribution in [3.05, 3.63) is 0 Å². The number of hydrogen-bond acceptors (Lipinski definition) is 2. The van der Waals surface area contributed by atoms with Gasteiger partial charge in [-0.1, -0.05) is 20.8 Å². The van der Waals surface area contributed by atoms with E-state index < -0.39 is 0 Å². The average molecular weight is 200 g/mol. The van der Waals surface area contributed by atoms with Crippen LogP contribution in [0.4, 0.5) is 0 Å². The van der Waals surface area contributed by atoms with E-state index in [0.717, 1.165) is 32.4 Å². The lowest BCUT2D eigenvalue weighted by molar-refractivity contribution is -0.121. The highest BCUT2D eigenvalue weighted by atomic mass is 16.1. The molecule has 14 heavy (non-hydrogen) atoms. The predicted octanol–water partition coefficient (Wildman–Crippen LogP) is 1.68. The van der Waals surface area contributed by atoms with Crippen molar-refractivity contribution in [1.82, 2.24) is 10.6 Å². The molecule has 0 fully saturated rings. The Hall–Kier alpha value is -0.570. The minimum atomic E-state index is 0.158. The van der Waals surface area contributed by atoms with Gasteiger partial charge in [0.15, 0.2) is 0 Å². The second-order valence-electron chi connectivity index (χ2n) is 3.57. The summed E-state index contributed by atoms with van der Waals surface area (Å²) in [5.74, 6) is 0.158. The quantitative estimate of drug-likeness (QED) is 0.626. The summed E-state index contributed by atoms with van der Waals surface area (Å²) < 4.78 is 0. The molecule has 0 aromatic heterocycles. The Morgan fingerprint density at radius 2 is 1.79 bits per heavy atom. The predicted molar refractivity (Wildman–Crippen MR) is 60.3 cm³/mol. The molecule has 2 N–H and O–H groups in total. The summed E-state index contributed by atoms with van der Waals surface area (Å²) in [5.41, 5.74) is 0. The lowest BCUT2D eigenvalue weighted by Crippen LogP contribution is -2.33. The van der Waals surface area contributed by atoms with E-state index in [9.17, 15) is 4.79 Å². The number of nitrogens with one attached hydrogen (secondary N) is 2. The Morgan fingerprint density at radius 3 is 2.29 bits per heavy atom. The Kier molecular flexibility index (Phi) is 8.64. The first kappa shape index (κ1) is 13.4. The number of hydrogen-bond donors (Lipinski definition) is 2. The molecule has 0 unspecified atom stereocenters. The van der Waals surface area contributed by atoms with Crippen LogP contribution in [-0.2, 0) is 4.79 Å². The monoisotopic (exact) mass is 200 g/mol. The summed E-state index contributed by atoms with van der Waals surface area (Å²) in [6.45, 7) is 7.98. The number of carbonyl (C=O) groups is 1. The van der Waals surface area contributed by atoms with Gasteiger partial charge in [-0.25, -0.2) is 0 Å². The fourth-order valence-corrected chi connectivity index (χ4v) is 1.32. The third kappa shape index (κ3) is 6.89. The normalized spacial score (nSPS) is 10.6. The van der Waals surface area contributed by atoms with Gasteiger partial charge in [-0.05, 0) is 19.3 Å². The van der Waals surface area contributed by atoms with Crippen LogP contribution in [0, 0.1) is 0 Å². The lowest BCUT2D eigenvalue weighted by Gasteiger charge is -2.14. The highest BCUT2D eigenvalue weighted by Gasteiger charge is 2.03. The zero-order valence-corrected chi connectivity index (χ0v) is 9.73. The molecule has 3 heteroatoms. The van der Waals surface area contributed by atoms with Crippen LogP contribution < -0.4 is 10.6 Å². The molecule has 0 aromatic carbocycles. The first-order valence-electron chi connectivity index (χ1n) is 5.74. The molecule has 0 aliphatic heterocycles. The molecule has 0 radical (unpaired) electrons. The van der Waals surface area contributed by atoms with Crippen LogP contribution in [-0.4, -0.2) is 25.0 Å². The molecule has 0 spiro atoms. The fourth-order valence-electron chi connectivity index (χ4n) is 1.32. The van der Waals surface area contributed by atoms with Crippen LogP contribution >= 0.6 is 0 Å². The van der Waals surface area contributed by atoms with Crippen molar-refractivity contribution in [2.24, 2.45) is 0 Å². The number of amides is 1. The number of carbonyl (C=O) groups excluding carboxylic acids is 1. The van der Waals surface area contributed by atoms with Gasteiger partial charge >= 0.3 is 0 Å². The van der Waals surface area contributed by atoms with Gasteiger partial charge in [0, 0.05) is 25.6 Å². The Morgan fingerprint density at radius 1 is 1.14 bits per heavy atom. The summed E-state index contributed by atoms with van der Waals surface area (Å²) in [6.07, 6.45) is 3.86. The van der Waals surface area contributed by atoms with E-state index in [2.05, 4.69) is 31.4 Å². The van der Waals surface area contributed by atoms with E-state index in [-0.39, 0.29) is 5.91 Å². The maximum absolute atomic E-state index is 11.2. The zero-order valence-electron chi connectivity index (χ0n) is 9.73. The average Bonchev–Trinajstić information content (AvgIpc) is 2.21. The van der Waals surface area contributed by atoms with Crippen LogP contribution in [0.5, 0.6) is 0 Å². The SMILES string of the molecule is CCCNC(=O)CCNC(CC)CC. The van der Waals surface area contributed by atoms with E-state index in [0.29, 0.717) is 12.5 Å². The van der Waals surface area contributed by atoms with Gasteiger partial charge in [0.2, 0.25) is 5.91 Å². The Balaban J connectivity index is 3.38. The van der Waals surface area contributed by atoms with Gasteiger partial charge in [0.25, 0.3) is 0 Å². The van der Waals surface area contributed by atoms with Gasteiger partial charge in [0.1, 0.15) is 0 Å². The molecule has 0 saturated heterocycles. The molecule has 84 valence electrons. The van der Waals surface area contributed by atoms with Gasteiger partial charge < -0.3 is 10.6 Å². The van der Waals surface area contributed by atoms with Gasteiger partial charge in [-0.3, -0.25) is 4.79 Å². The molecule has 3 nitrogen and oxygen atoms in total. The van der Waals surface area contributed by atoms with Crippen LogP contribution in [0.25, 0.3) is 0 Å². The van der Waals surface area contributed by atoms with E-state index in [1.165, 1.54) is 0 Å². The van der Waals surface area contributed by atoms with Crippen molar-refractivity contribution in [1.29, 1.82) is 0 Å². The molecule has 0 bridgehead atoms. The zero-order chi connectivity index (χ0) is 10.8. The van der Waals surface area contributed by atoms with Crippen LogP contribution in [0.2, 0.25) is 0 Å². The van der Waals surface area contributed by atoms with Crippen LogP contribution in [0.15, 0.2) is 0 Å². The lowest BCUT2D eigenvalue weighted by atomic mass is 10.2. The maximum atomic E-state index is 11.2. The smallest absolute Gasteiger partial charge is 0.221 e. The third-order valence-electron chi connectivity index (χ3n) is 2.34. The standard InChI is InChI=1S/C11H24N2O/c1-4-8-13-11(14)7-9-12-10(5-2)6-3/h10,12H,4-9H2,1-3H3,(H,13,14). The first-order chi connectivity index (χ1) is 6.74. The van der Waals surface area contributed by atoms with Gasteiger partial charge in [0.05, 0.1) is 0 Å². The van der Waals surface area contributed by atoms with Crippen molar-refractivity contribution in [2.75, 3.05) is 13.1 Å². The molecule has 0 aromatic rings. The minimum absolute atomic E-state index is 0.158. The largest absolute Gasteiger partial charge is 0.356 e. The summed E-state index contributed by atoms with van der Waals surface area (Å²) >= 11 is 0. The summed E-state index contributed by atoms with van der Waals surface area (Å²) in [7, 11) is 0. The molecule has 0 atom stereocenters. The summed E-state index contributed by atoms with van der Waals surface area (Å²) in [6, 6.07) is 0.564. The van der Waals surface area contributed by atoms with Crippen molar-refractivity contribution >= 4 is 5.91 Å². The van der Waals surface area contributed by atoms with E-state index >= 15 is 0 Å². The molecule has 0 saturated carbocycles. The molecule has 0 heterocycles. The maximum Gasteiger partial charge on any atom is 0.221 e.